The van der Waals surface area contributed by atoms with Crippen LogP contribution in [0.5, 0.6) is 0 Å². The first-order valence-corrected chi connectivity index (χ1v) is 14.2. The van der Waals surface area contributed by atoms with Crippen LogP contribution >= 0.6 is 23.8 Å². The molecule has 4 aromatic rings. The average Bonchev–Trinajstić information content (AvgIpc) is 3.41. The molecule has 0 spiro atoms. The van der Waals surface area contributed by atoms with Crippen LogP contribution in [0.15, 0.2) is 66.9 Å². The van der Waals surface area contributed by atoms with Crippen LogP contribution in [0.25, 0.3) is 5.69 Å². The summed E-state index contributed by atoms with van der Waals surface area (Å²) in [6.45, 7) is 12.1. The van der Waals surface area contributed by atoms with Crippen molar-refractivity contribution in [2.75, 3.05) is 10.2 Å². The minimum absolute atomic E-state index is 0.00829. The Balaban J connectivity index is 1.64. The molecule has 2 aromatic carbocycles. The number of nitrogens with zero attached hydrogens (tertiary/aromatic N) is 3. The Kier molecular flexibility index (Phi) is 7.71. The van der Waals surface area contributed by atoms with Gasteiger partial charge in [-0.05, 0) is 105 Å². The highest BCUT2D eigenvalue weighted by atomic mass is 35.5. The number of carbonyl (C=O) groups excluding carboxylic acids is 1. The van der Waals surface area contributed by atoms with Crippen LogP contribution in [-0.2, 0) is 4.79 Å². The van der Waals surface area contributed by atoms with E-state index < -0.39 is 0 Å². The van der Waals surface area contributed by atoms with Crippen LogP contribution < -0.4 is 15.5 Å². The smallest absolute Gasteiger partial charge is 0.226 e. The van der Waals surface area contributed by atoms with E-state index in [4.69, 9.17) is 28.8 Å². The third kappa shape index (κ3) is 5.11. The summed E-state index contributed by atoms with van der Waals surface area (Å²) >= 11 is 12.4. The maximum Gasteiger partial charge on any atom is 0.226 e. The third-order valence-corrected chi connectivity index (χ3v) is 8.12. The number of thiocarbonyl (C=S) groups is 1. The second-order valence-electron chi connectivity index (χ2n) is 10.7. The van der Waals surface area contributed by atoms with E-state index in [0.29, 0.717) is 10.1 Å². The molecule has 8 heteroatoms. The number of halogens is 1. The quantitative estimate of drug-likeness (QED) is 0.234. The lowest BCUT2D eigenvalue weighted by atomic mass is 9.96. The van der Waals surface area contributed by atoms with Gasteiger partial charge in [0.15, 0.2) is 5.11 Å². The largest absolute Gasteiger partial charge is 0.351 e. The van der Waals surface area contributed by atoms with Crippen LogP contribution in [0.3, 0.4) is 0 Å². The predicted molar refractivity (Wildman–Crippen MR) is 168 cm³/mol. The Morgan fingerprint density at radius 2 is 1.80 bits per heavy atom. The summed E-state index contributed by atoms with van der Waals surface area (Å²) in [7, 11) is 0. The second-order valence-corrected chi connectivity index (χ2v) is 11.6. The monoisotopic (exact) mass is 571 g/mol. The van der Waals surface area contributed by atoms with Crippen molar-refractivity contribution in [2.45, 2.75) is 53.6 Å². The van der Waals surface area contributed by atoms with Crippen LogP contribution in [-0.4, -0.2) is 20.6 Å². The van der Waals surface area contributed by atoms with Gasteiger partial charge < -0.3 is 20.1 Å². The van der Waals surface area contributed by atoms with E-state index in [9.17, 15) is 4.79 Å². The lowest BCUT2D eigenvalue weighted by molar-refractivity contribution is -0.118. The first kappa shape index (κ1) is 27.9. The summed E-state index contributed by atoms with van der Waals surface area (Å²) < 4.78 is 2.27. The maximum atomic E-state index is 12.4. The van der Waals surface area contributed by atoms with E-state index in [1.54, 1.807) is 0 Å². The summed E-state index contributed by atoms with van der Waals surface area (Å²) in [5.41, 5.74) is 9.21. The van der Waals surface area contributed by atoms with Crippen molar-refractivity contribution in [2.24, 2.45) is 5.92 Å². The molecule has 1 aliphatic heterocycles. The highest BCUT2D eigenvalue weighted by molar-refractivity contribution is 7.80. The van der Waals surface area contributed by atoms with Gasteiger partial charge in [0, 0.05) is 45.6 Å². The number of hydrogen-bond acceptors (Lipinski definition) is 3. The SMILES string of the molecule is Cc1cc(N2C(=S)N[C@@H](c3ccccn3)[C@H]2c2cc(C)n(-c3cc(Cl)ccc3C)c2C)ccc1NC(=O)C(C)C. The number of aryl methyl sites for hydroxylation is 3. The Morgan fingerprint density at radius 1 is 1.02 bits per heavy atom. The standard InChI is InChI=1S/C32H34ClN5OS/c1-18(2)31(39)35-26-13-12-24(15-20(26)4)38-30(29(36-32(38)40)27-9-7-8-14-34-27)25-16-21(5)37(22(25)6)28-17-23(33)11-10-19(28)3/h7-18,29-30H,1-6H3,(H,35,39)(H,36,40)/t29-,30+/m0/s1. The van der Waals surface area contributed by atoms with Gasteiger partial charge in [-0.3, -0.25) is 9.78 Å². The minimum Gasteiger partial charge on any atom is -0.351 e. The Hall–Kier alpha value is -3.68. The lowest BCUT2D eigenvalue weighted by Gasteiger charge is -2.29. The molecule has 5 rings (SSSR count). The zero-order valence-corrected chi connectivity index (χ0v) is 25.2. The molecule has 0 bridgehead atoms. The number of nitrogens with one attached hydrogen (secondary N) is 2. The molecule has 6 nitrogen and oxygen atoms in total. The molecular formula is C32H34ClN5OS. The number of pyridine rings is 1. The molecule has 2 atom stereocenters. The molecule has 0 saturated carbocycles. The Morgan fingerprint density at radius 3 is 2.48 bits per heavy atom. The van der Waals surface area contributed by atoms with Gasteiger partial charge in [-0.15, -0.1) is 0 Å². The molecule has 3 heterocycles. The van der Waals surface area contributed by atoms with Crippen LogP contribution in [0.4, 0.5) is 11.4 Å². The van der Waals surface area contributed by atoms with Crippen molar-refractivity contribution in [3.8, 4) is 5.69 Å². The average molecular weight is 572 g/mol. The molecular weight excluding hydrogens is 538 g/mol. The van der Waals surface area contributed by atoms with Crippen molar-refractivity contribution < 1.29 is 4.79 Å². The van der Waals surface area contributed by atoms with Gasteiger partial charge in [0.25, 0.3) is 0 Å². The van der Waals surface area contributed by atoms with Crippen LogP contribution in [0.1, 0.15) is 59.7 Å². The van der Waals surface area contributed by atoms with E-state index in [2.05, 4.69) is 53.0 Å². The third-order valence-electron chi connectivity index (χ3n) is 7.57. The number of rotatable bonds is 6. The molecule has 0 aliphatic carbocycles. The number of carbonyl (C=O) groups is 1. The van der Waals surface area contributed by atoms with E-state index in [-0.39, 0.29) is 23.9 Å². The molecule has 0 unspecified atom stereocenters. The van der Waals surface area contributed by atoms with E-state index in [0.717, 1.165) is 50.8 Å². The summed E-state index contributed by atoms with van der Waals surface area (Å²) in [6, 6.07) is 19.9. The Bertz CT molecular complexity index is 1600. The first-order valence-electron chi connectivity index (χ1n) is 13.4. The fraction of sp³-hybridized carbons (Fsp3) is 0.281. The fourth-order valence-electron chi connectivity index (χ4n) is 5.45. The number of amides is 1. The number of benzene rings is 2. The molecule has 1 aliphatic rings. The van der Waals surface area contributed by atoms with Gasteiger partial charge in [0.1, 0.15) is 0 Å². The molecule has 40 heavy (non-hydrogen) atoms. The Labute approximate surface area is 246 Å². The van der Waals surface area contributed by atoms with Gasteiger partial charge in [-0.2, -0.15) is 0 Å². The summed E-state index contributed by atoms with van der Waals surface area (Å²) in [6.07, 6.45) is 1.81. The topological polar surface area (TPSA) is 62.2 Å². The summed E-state index contributed by atoms with van der Waals surface area (Å²) in [5.74, 6) is -0.109. The first-order chi connectivity index (χ1) is 19.1. The zero-order valence-electron chi connectivity index (χ0n) is 23.6. The number of aromatic nitrogens is 2. The second kappa shape index (κ2) is 11.1. The van der Waals surface area contributed by atoms with Gasteiger partial charge >= 0.3 is 0 Å². The van der Waals surface area contributed by atoms with Gasteiger partial charge in [0.05, 0.1) is 17.8 Å². The molecule has 206 valence electrons. The maximum absolute atomic E-state index is 12.4. The van der Waals surface area contributed by atoms with Gasteiger partial charge in [0.2, 0.25) is 5.91 Å². The molecule has 1 saturated heterocycles. The highest BCUT2D eigenvalue weighted by Gasteiger charge is 2.42. The van der Waals surface area contributed by atoms with Crippen molar-refractivity contribution in [3.05, 3.63) is 106 Å². The zero-order chi connectivity index (χ0) is 28.7. The summed E-state index contributed by atoms with van der Waals surface area (Å²) in [5, 5.41) is 7.92. The molecule has 1 amide bonds. The molecule has 0 radical (unpaired) electrons. The van der Waals surface area contributed by atoms with Crippen molar-refractivity contribution in [3.63, 3.8) is 0 Å². The van der Waals surface area contributed by atoms with E-state index in [1.165, 1.54) is 0 Å². The highest BCUT2D eigenvalue weighted by Crippen LogP contribution is 2.44. The van der Waals surface area contributed by atoms with Crippen LogP contribution in [0, 0.1) is 33.6 Å². The summed E-state index contributed by atoms with van der Waals surface area (Å²) in [4.78, 5) is 19.2. The number of anilines is 2. The van der Waals surface area contributed by atoms with Crippen LogP contribution in [0.2, 0.25) is 5.02 Å². The van der Waals surface area contributed by atoms with Gasteiger partial charge in [-0.1, -0.05) is 37.6 Å². The van der Waals surface area contributed by atoms with E-state index in [1.807, 2.05) is 75.5 Å². The van der Waals surface area contributed by atoms with Crippen molar-refractivity contribution in [1.29, 1.82) is 0 Å². The van der Waals surface area contributed by atoms with Gasteiger partial charge in [-0.25, -0.2) is 0 Å². The fourth-order valence-corrected chi connectivity index (χ4v) is 5.96. The van der Waals surface area contributed by atoms with Crippen molar-refractivity contribution >= 4 is 46.2 Å². The molecule has 2 N–H and O–H groups in total. The molecule has 1 fully saturated rings. The predicted octanol–water partition coefficient (Wildman–Crippen LogP) is 7.53. The minimum atomic E-state index is -0.163. The van der Waals surface area contributed by atoms with E-state index >= 15 is 0 Å². The van der Waals surface area contributed by atoms with Crippen molar-refractivity contribution in [1.82, 2.24) is 14.9 Å². The lowest BCUT2D eigenvalue weighted by Crippen LogP contribution is -2.29. The molecule has 2 aromatic heterocycles. The number of hydrogen-bond donors (Lipinski definition) is 2. The normalized spacial score (nSPS) is 16.9.